The van der Waals surface area contributed by atoms with Gasteiger partial charge in [-0.25, -0.2) is 0 Å². The molecular weight excluding hydrogens is 352 g/mol. The molecule has 1 atom stereocenters. The molecule has 0 radical (unpaired) electrons. The molecule has 164 valence electrons. The number of carbonyl (C=O) groups excluding carboxylic acids is 3. The van der Waals surface area contributed by atoms with Crippen LogP contribution >= 0.6 is 0 Å². The molecule has 0 aromatic heterocycles. The molecule has 0 aromatic rings. The first-order chi connectivity index (χ1) is 12.6. The van der Waals surface area contributed by atoms with Gasteiger partial charge in [-0.05, 0) is 19.4 Å². The van der Waals surface area contributed by atoms with Gasteiger partial charge in [-0.15, -0.1) is 0 Å². The third kappa shape index (κ3) is 9.92. The molecule has 0 saturated carbocycles. The number of hydrogen-bond donors (Lipinski definition) is 1. The maximum absolute atomic E-state index is 13.0. The van der Waals surface area contributed by atoms with Gasteiger partial charge in [0.15, 0.2) is 17.3 Å². The molecule has 5 nitrogen and oxygen atoms in total. The Bertz CT molecular complexity index is 497. The van der Waals surface area contributed by atoms with E-state index in [-0.39, 0.29) is 36.4 Å². The topological polar surface area (TPSA) is 66.5 Å². The Hall–Kier alpha value is -1.07. The van der Waals surface area contributed by atoms with Gasteiger partial charge in [0, 0.05) is 22.8 Å². The van der Waals surface area contributed by atoms with Crippen LogP contribution in [0, 0.1) is 16.7 Å². The zero-order valence-electron chi connectivity index (χ0n) is 19.9. The molecule has 0 fully saturated rings. The lowest BCUT2D eigenvalue weighted by Gasteiger charge is -2.34. The monoisotopic (exact) mass is 396 g/mol. The first-order valence-corrected chi connectivity index (χ1v) is 10.6. The summed E-state index contributed by atoms with van der Waals surface area (Å²) in [5, 5.41) is 3.37. The Balaban J connectivity index is 5.61. The van der Waals surface area contributed by atoms with Gasteiger partial charge in [0.25, 0.3) is 0 Å². The zero-order chi connectivity index (χ0) is 22.3. The molecule has 1 N–H and O–H groups in total. The van der Waals surface area contributed by atoms with Crippen LogP contribution in [0.1, 0.15) is 82.1 Å². The number of rotatable bonds is 12. The van der Waals surface area contributed by atoms with Crippen molar-refractivity contribution in [1.29, 1.82) is 0 Å². The van der Waals surface area contributed by atoms with Crippen molar-refractivity contribution in [1.82, 2.24) is 10.2 Å². The molecule has 0 aliphatic carbocycles. The molecule has 0 bridgehead atoms. The van der Waals surface area contributed by atoms with E-state index in [0.717, 1.165) is 13.0 Å². The quantitative estimate of drug-likeness (QED) is 0.507. The van der Waals surface area contributed by atoms with Gasteiger partial charge in [-0.3, -0.25) is 19.3 Å². The second kappa shape index (κ2) is 11.2. The smallest absolute Gasteiger partial charge is 0.152 e. The fraction of sp³-hybridized carbons (Fsp3) is 0.870. The van der Waals surface area contributed by atoms with Crippen LogP contribution in [-0.2, 0) is 14.4 Å². The summed E-state index contributed by atoms with van der Waals surface area (Å²) >= 11 is 0. The summed E-state index contributed by atoms with van der Waals surface area (Å²) in [5.41, 5.74) is -1.01. The molecule has 0 amide bonds. The molecule has 0 aromatic carbocycles. The minimum Gasteiger partial charge on any atom is -0.315 e. The number of hydrogen-bond acceptors (Lipinski definition) is 5. The standard InChI is InChI=1S/C23H44N2O3/c1-16(2)21(28)18(12-11-13-24-17(3)4)25(14-19(26)22(5,6)7)15-20(27)23(8,9)10/h16-18,24H,11-15H2,1-10H3. The average Bonchev–Trinajstić information content (AvgIpc) is 2.51. The number of carbonyl (C=O) groups is 3. The van der Waals surface area contributed by atoms with Crippen molar-refractivity contribution in [3.8, 4) is 0 Å². The van der Waals surface area contributed by atoms with E-state index in [1.165, 1.54) is 0 Å². The average molecular weight is 397 g/mol. The van der Waals surface area contributed by atoms with Crippen molar-refractivity contribution >= 4 is 17.3 Å². The number of nitrogens with zero attached hydrogens (tertiary/aromatic N) is 1. The fourth-order valence-corrected chi connectivity index (χ4v) is 2.70. The lowest BCUT2D eigenvalue weighted by molar-refractivity contribution is -0.135. The third-order valence-electron chi connectivity index (χ3n) is 4.91. The van der Waals surface area contributed by atoms with Crippen LogP contribution in [0.3, 0.4) is 0 Å². The first kappa shape index (κ1) is 26.9. The molecule has 0 aliphatic heterocycles. The maximum Gasteiger partial charge on any atom is 0.152 e. The Labute approximate surface area is 173 Å². The molecule has 28 heavy (non-hydrogen) atoms. The van der Waals surface area contributed by atoms with Crippen molar-refractivity contribution in [2.75, 3.05) is 19.6 Å². The highest BCUT2D eigenvalue weighted by Crippen LogP contribution is 2.22. The van der Waals surface area contributed by atoms with Crippen molar-refractivity contribution in [2.45, 2.75) is 94.2 Å². The summed E-state index contributed by atoms with van der Waals surface area (Å²) in [4.78, 5) is 40.3. The Morgan fingerprint density at radius 1 is 0.821 bits per heavy atom. The van der Waals surface area contributed by atoms with Gasteiger partial charge in [-0.2, -0.15) is 0 Å². The van der Waals surface area contributed by atoms with Crippen LogP contribution in [0.2, 0.25) is 0 Å². The highest BCUT2D eigenvalue weighted by molar-refractivity contribution is 5.91. The van der Waals surface area contributed by atoms with E-state index in [2.05, 4.69) is 19.2 Å². The molecule has 0 spiro atoms. The van der Waals surface area contributed by atoms with E-state index in [0.29, 0.717) is 12.5 Å². The van der Waals surface area contributed by atoms with Crippen molar-refractivity contribution in [3.05, 3.63) is 0 Å². The van der Waals surface area contributed by atoms with Crippen LogP contribution in [0.4, 0.5) is 0 Å². The number of nitrogens with one attached hydrogen (secondary N) is 1. The number of Topliss-reactive ketones (excluding diaryl/α,β-unsaturated/α-hetero) is 3. The largest absolute Gasteiger partial charge is 0.315 e. The van der Waals surface area contributed by atoms with Crippen LogP contribution in [0.15, 0.2) is 0 Å². The van der Waals surface area contributed by atoms with Gasteiger partial charge in [0.2, 0.25) is 0 Å². The van der Waals surface area contributed by atoms with Crippen LogP contribution in [0.5, 0.6) is 0 Å². The Kier molecular flexibility index (Phi) is 10.8. The summed E-state index contributed by atoms with van der Waals surface area (Å²) < 4.78 is 0. The summed E-state index contributed by atoms with van der Waals surface area (Å²) in [6.45, 7) is 20.3. The summed E-state index contributed by atoms with van der Waals surface area (Å²) in [5.74, 6) is 0.0696. The fourth-order valence-electron chi connectivity index (χ4n) is 2.70. The van der Waals surface area contributed by atoms with Gasteiger partial charge in [0.05, 0.1) is 19.1 Å². The van der Waals surface area contributed by atoms with Crippen LogP contribution in [0.25, 0.3) is 0 Å². The molecule has 0 aliphatic rings. The molecule has 1 unspecified atom stereocenters. The molecular formula is C23H44N2O3. The maximum atomic E-state index is 13.0. The summed E-state index contributed by atoms with van der Waals surface area (Å²) in [7, 11) is 0. The second-order valence-electron chi connectivity index (χ2n) is 10.6. The third-order valence-corrected chi connectivity index (χ3v) is 4.91. The van der Waals surface area contributed by atoms with Crippen LogP contribution < -0.4 is 5.32 Å². The van der Waals surface area contributed by atoms with E-state index >= 15 is 0 Å². The van der Waals surface area contributed by atoms with E-state index in [1.807, 2.05) is 60.3 Å². The normalized spacial score (nSPS) is 14.0. The van der Waals surface area contributed by atoms with Gasteiger partial charge >= 0.3 is 0 Å². The lowest BCUT2D eigenvalue weighted by atomic mass is 9.87. The minimum absolute atomic E-state index is 0.0519. The van der Waals surface area contributed by atoms with Gasteiger partial charge in [-0.1, -0.05) is 69.2 Å². The van der Waals surface area contributed by atoms with Crippen molar-refractivity contribution in [3.63, 3.8) is 0 Å². The predicted octanol–water partition coefficient (Wildman–Crippen LogP) is 3.89. The van der Waals surface area contributed by atoms with Crippen molar-refractivity contribution in [2.24, 2.45) is 16.7 Å². The van der Waals surface area contributed by atoms with E-state index in [1.54, 1.807) is 0 Å². The highest BCUT2D eigenvalue weighted by atomic mass is 16.1. The predicted molar refractivity (Wildman–Crippen MR) is 117 cm³/mol. The van der Waals surface area contributed by atoms with Crippen molar-refractivity contribution < 1.29 is 14.4 Å². The Morgan fingerprint density at radius 3 is 1.57 bits per heavy atom. The molecule has 5 heteroatoms. The number of ketones is 3. The Morgan fingerprint density at radius 2 is 1.25 bits per heavy atom. The van der Waals surface area contributed by atoms with E-state index < -0.39 is 16.9 Å². The van der Waals surface area contributed by atoms with Gasteiger partial charge < -0.3 is 5.32 Å². The minimum atomic E-state index is -0.506. The molecule has 0 heterocycles. The molecule has 0 saturated heterocycles. The first-order valence-electron chi connectivity index (χ1n) is 10.6. The summed E-state index contributed by atoms with van der Waals surface area (Å²) in [6.07, 6.45) is 1.47. The summed E-state index contributed by atoms with van der Waals surface area (Å²) in [6, 6.07) is -0.0214. The van der Waals surface area contributed by atoms with Crippen LogP contribution in [-0.4, -0.2) is 54.0 Å². The second-order valence-corrected chi connectivity index (χ2v) is 10.6. The SMILES string of the molecule is CC(C)NCCCC(C(=O)C(C)C)N(CC(=O)C(C)(C)C)CC(=O)C(C)(C)C. The zero-order valence-corrected chi connectivity index (χ0v) is 19.9. The van der Waals surface area contributed by atoms with E-state index in [4.69, 9.17) is 0 Å². The molecule has 0 rings (SSSR count). The lowest BCUT2D eigenvalue weighted by Crippen LogP contribution is -2.50. The van der Waals surface area contributed by atoms with E-state index in [9.17, 15) is 14.4 Å². The highest BCUT2D eigenvalue weighted by Gasteiger charge is 2.34. The van der Waals surface area contributed by atoms with Gasteiger partial charge in [0.1, 0.15) is 0 Å².